The first-order valence-corrected chi connectivity index (χ1v) is 11.7. The molecule has 0 heterocycles. The molecule has 0 amide bonds. The Kier molecular flexibility index (Phi) is 10.1. The van der Waals surface area contributed by atoms with E-state index in [-0.39, 0.29) is 17.5 Å². The number of aryl methyl sites for hydroxylation is 1. The van der Waals surface area contributed by atoms with Crippen LogP contribution in [0.1, 0.15) is 80.7 Å². The molecule has 0 bridgehead atoms. The lowest BCUT2D eigenvalue weighted by molar-refractivity contribution is 0.240. The summed E-state index contributed by atoms with van der Waals surface area (Å²) < 4.78 is 0. The second kappa shape index (κ2) is 11.3. The second-order valence-electron chi connectivity index (χ2n) is 11.7. The Morgan fingerprint density at radius 3 is 2.03 bits per heavy atom. The Morgan fingerprint density at radius 1 is 1.00 bits per heavy atom. The van der Waals surface area contributed by atoms with Gasteiger partial charge in [0.25, 0.3) is 0 Å². The van der Waals surface area contributed by atoms with Gasteiger partial charge >= 0.3 is 0 Å². The lowest BCUT2D eigenvalue weighted by Crippen LogP contribution is -2.55. The number of nitrogens with two attached hydrogens (primary N) is 2. The Labute approximate surface area is 187 Å². The predicted octanol–water partition coefficient (Wildman–Crippen LogP) is 6.16. The third kappa shape index (κ3) is 9.66. The summed E-state index contributed by atoms with van der Waals surface area (Å²) in [6, 6.07) is 9.09. The predicted molar refractivity (Wildman–Crippen MR) is 135 cm³/mol. The van der Waals surface area contributed by atoms with Crippen molar-refractivity contribution in [3.63, 3.8) is 0 Å². The van der Waals surface area contributed by atoms with Crippen molar-refractivity contribution in [2.24, 2.45) is 28.2 Å². The lowest BCUT2D eigenvalue weighted by atomic mass is 9.78. The van der Waals surface area contributed by atoms with E-state index in [1.165, 1.54) is 23.2 Å². The van der Waals surface area contributed by atoms with Gasteiger partial charge in [-0.05, 0) is 67.6 Å². The molecule has 0 aromatic heterocycles. The fourth-order valence-electron chi connectivity index (χ4n) is 3.81. The molecule has 2 unspecified atom stereocenters. The fourth-order valence-corrected chi connectivity index (χ4v) is 3.81. The van der Waals surface area contributed by atoms with Gasteiger partial charge in [-0.25, -0.2) is 0 Å². The lowest BCUT2D eigenvalue weighted by Gasteiger charge is -2.40. The molecule has 0 radical (unpaired) electrons. The quantitative estimate of drug-likeness (QED) is 0.425. The van der Waals surface area contributed by atoms with Gasteiger partial charge in [0, 0.05) is 30.9 Å². The van der Waals surface area contributed by atoms with E-state index in [2.05, 4.69) is 97.6 Å². The maximum atomic E-state index is 6.66. The van der Waals surface area contributed by atoms with Gasteiger partial charge in [0.05, 0.1) is 0 Å². The van der Waals surface area contributed by atoms with Crippen molar-refractivity contribution in [1.82, 2.24) is 0 Å². The van der Waals surface area contributed by atoms with Crippen LogP contribution in [0.3, 0.4) is 0 Å². The molecule has 172 valence electrons. The van der Waals surface area contributed by atoms with Gasteiger partial charge in [0.15, 0.2) is 0 Å². The van der Waals surface area contributed by atoms with Gasteiger partial charge in [-0.15, -0.1) is 0 Å². The summed E-state index contributed by atoms with van der Waals surface area (Å²) >= 11 is 0. The van der Waals surface area contributed by atoms with Crippen LogP contribution in [0.4, 0.5) is 5.69 Å². The number of nitrogens with zero attached hydrogens (tertiary/aromatic N) is 1. The van der Waals surface area contributed by atoms with Crippen molar-refractivity contribution < 1.29 is 0 Å². The summed E-state index contributed by atoms with van der Waals surface area (Å²) in [5, 5.41) is 0. The molecule has 2 atom stereocenters. The van der Waals surface area contributed by atoms with Crippen LogP contribution in [0.2, 0.25) is 0 Å². The molecule has 1 aromatic carbocycles. The minimum Gasteiger partial charge on any atom is -0.367 e. The molecule has 0 fully saturated rings. The number of anilines is 1. The van der Waals surface area contributed by atoms with E-state index in [0.29, 0.717) is 11.3 Å². The average Bonchev–Trinajstić information content (AvgIpc) is 2.62. The number of allylic oxidation sites excluding steroid dienone is 1. The fraction of sp³-hybridized carbons (Fsp3) is 0.704. The molecule has 3 heteroatoms. The third-order valence-electron chi connectivity index (χ3n) is 5.89. The molecule has 4 N–H and O–H groups in total. The highest BCUT2D eigenvalue weighted by molar-refractivity contribution is 5.48. The minimum absolute atomic E-state index is 0.0186. The van der Waals surface area contributed by atoms with Crippen molar-refractivity contribution in [3.8, 4) is 0 Å². The SMILES string of the molecule is CC(C)=CCN(CC(C)(C)C(N)C(N)CC(C)C)c1ccc(CCC(C)(C)C)cc1. The highest BCUT2D eigenvalue weighted by Gasteiger charge is 2.33. The van der Waals surface area contributed by atoms with Gasteiger partial charge in [0.1, 0.15) is 0 Å². The van der Waals surface area contributed by atoms with Crippen molar-refractivity contribution in [2.75, 3.05) is 18.0 Å². The van der Waals surface area contributed by atoms with Crippen LogP contribution < -0.4 is 16.4 Å². The Bertz CT molecular complexity index is 646. The van der Waals surface area contributed by atoms with Gasteiger partial charge in [0.2, 0.25) is 0 Å². The van der Waals surface area contributed by atoms with Crippen LogP contribution in [-0.2, 0) is 6.42 Å². The zero-order valence-corrected chi connectivity index (χ0v) is 21.3. The summed E-state index contributed by atoms with van der Waals surface area (Å²) in [5.74, 6) is 0.560. The molecule has 1 rings (SSSR count). The first-order chi connectivity index (χ1) is 13.7. The van der Waals surface area contributed by atoms with Crippen molar-refractivity contribution in [1.29, 1.82) is 0 Å². The molecule has 30 heavy (non-hydrogen) atoms. The Balaban J connectivity index is 2.99. The molecular formula is C27H49N3. The van der Waals surface area contributed by atoms with Crippen LogP contribution in [0, 0.1) is 16.7 Å². The number of rotatable bonds is 11. The van der Waals surface area contributed by atoms with E-state index in [4.69, 9.17) is 11.5 Å². The monoisotopic (exact) mass is 415 g/mol. The molecule has 0 spiro atoms. The summed E-state index contributed by atoms with van der Waals surface area (Å²) in [4.78, 5) is 2.45. The van der Waals surface area contributed by atoms with Crippen LogP contribution in [0.5, 0.6) is 0 Å². The van der Waals surface area contributed by atoms with Gasteiger partial charge in [-0.2, -0.15) is 0 Å². The van der Waals surface area contributed by atoms with E-state index in [1.807, 2.05) is 0 Å². The number of hydrogen-bond donors (Lipinski definition) is 2. The first-order valence-electron chi connectivity index (χ1n) is 11.7. The molecule has 1 aromatic rings. The Morgan fingerprint density at radius 2 is 1.57 bits per heavy atom. The topological polar surface area (TPSA) is 55.3 Å². The second-order valence-corrected chi connectivity index (χ2v) is 11.7. The van der Waals surface area contributed by atoms with E-state index < -0.39 is 0 Å². The summed E-state index contributed by atoms with van der Waals surface area (Å²) in [7, 11) is 0. The van der Waals surface area contributed by atoms with Crippen molar-refractivity contribution >= 4 is 5.69 Å². The van der Waals surface area contributed by atoms with Crippen LogP contribution >= 0.6 is 0 Å². The van der Waals surface area contributed by atoms with E-state index in [1.54, 1.807) is 0 Å². The summed E-state index contributed by atoms with van der Waals surface area (Å²) in [5.41, 5.74) is 17.4. The molecule has 0 aliphatic rings. The van der Waals surface area contributed by atoms with E-state index in [0.717, 1.165) is 25.9 Å². The zero-order valence-electron chi connectivity index (χ0n) is 21.3. The van der Waals surface area contributed by atoms with Gasteiger partial charge in [-0.1, -0.05) is 72.2 Å². The van der Waals surface area contributed by atoms with Crippen LogP contribution in [-0.4, -0.2) is 25.2 Å². The smallest absolute Gasteiger partial charge is 0.0369 e. The van der Waals surface area contributed by atoms with Crippen molar-refractivity contribution in [2.45, 2.75) is 93.7 Å². The molecule has 0 saturated carbocycles. The molecular weight excluding hydrogens is 366 g/mol. The van der Waals surface area contributed by atoms with E-state index in [9.17, 15) is 0 Å². The minimum atomic E-state index is -0.0886. The first kappa shape index (κ1) is 26.7. The van der Waals surface area contributed by atoms with Gasteiger partial charge in [-0.3, -0.25) is 0 Å². The van der Waals surface area contributed by atoms with Crippen LogP contribution in [0.25, 0.3) is 0 Å². The highest BCUT2D eigenvalue weighted by atomic mass is 15.1. The zero-order chi connectivity index (χ0) is 23.1. The van der Waals surface area contributed by atoms with Crippen molar-refractivity contribution in [3.05, 3.63) is 41.5 Å². The molecule has 0 aliphatic carbocycles. The summed E-state index contributed by atoms with van der Waals surface area (Å²) in [6.45, 7) is 21.9. The molecule has 0 aliphatic heterocycles. The molecule has 0 saturated heterocycles. The normalized spacial score (nSPS) is 14.5. The maximum absolute atomic E-state index is 6.66. The van der Waals surface area contributed by atoms with Gasteiger partial charge < -0.3 is 16.4 Å². The largest absolute Gasteiger partial charge is 0.367 e. The van der Waals surface area contributed by atoms with E-state index >= 15 is 0 Å². The third-order valence-corrected chi connectivity index (χ3v) is 5.89. The Hall–Kier alpha value is -1.32. The average molecular weight is 416 g/mol. The molecule has 3 nitrogen and oxygen atoms in total. The standard InChI is InChI=1S/C27H49N3/c1-20(2)15-17-30(19-27(8,9)25(29)24(28)18-21(3)4)23-12-10-22(11-13-23)14-16-26(5,6)7/h10-13,15,21,24-25H,14,16-19,28-29H2,1-9H3. The number of hydrogen-bond acceptors (Lipinski definition) is 3. The van der Waals surface area contributed by atoms with Crippen LogP contribution in [0.15, 0.2) is 35.9 Å². The highest BCUT2D eigenvalue weighted by Crippen LogP contribution is 2.28. The summed E-state index contributed by atoms with van der Waals surface area (Å²) in [6.07, 6.45) is 5.58. The maximum Gasteiger partial charge on any atom is 0.0369 e. The number of benzene rings is 1.